The Labute approximate surface area is 160 Å². The molecule has 3 rings (SSSR count). The lowest BCUT2D eigenvalue weighted by atomic mass is 10.1. The van der Waals surface area contributed by atoms with E-state index < -0.39 is 5.69 Å². The van der Waals surface area contributed by atoms with Crippen molar-refractivity contribution in [1.29, 1.82) is 0 Å². The number of imidazole rings is 1. The van der Waals surface area contributed by atoms with Crippen molar-refractivity contribution in [2.45, 2.75) is 12.8 Å². The number of benzene rings is 2. The number of nitrogens with one attached hydrogen (secondary N) is 3. The zero-order chi connectivity index (χ0) is 19.2. The Hall–Kier alpha value is -3.19. The molecule has 0 fully saturated rings. The Kier molecular flexibility index (Phi) is 5.83. The predicted octanol–water partition coefficient (Wildman–Crippen LogP) is 2.76. The lowest BCUT2D eigenvalue weighted by Crippen LogP contribution is -2.27. The van der Waals surface area contributed by atoms with Crippen molar-refractivity contribution in [2.24, 2.45) is 0 Å². The normalized spacial score (nSPS) is 10.6. The monoisotopic (exact) mass is 387 g/mol. The summed E-state index contributed by atoms with van der Waals surface area (Å²) in [6.07, 6.45) is 0.543. The van der Waals surface area contributed by atoms with Gasteiger partial charge in [0.25, 0.3) is 0 Å². The van der Waals surface area contributed by atoms with E-state index in [0.717, 1.165) is 5.56 Å². The van der Waals surface area contributed by atoms with E-state index in [0.29, 0.717) is 29.5 Å². The van der Waals surface area contributed by atoms with Gasteiger partial charge in [-0.1, -0.05) is 23.7 Å². The molecule has 4 N–H and O–H groups in total. The minimum atomic E-state index is -0.545. The number of rotatable bonds is 7. The summed E-state index contributed by atoms with van der Waals surface area (Å²) in [5.41, 5.74) is 0.661. The Morgan fingerprint density at radius 3 is 2.26 bits per heavy atom. The highest BCUT2D eigenvalue weighted by atomic mass is 35.5. The summed E-state index contributed by atoms with van der Waals surface area (Å²) < 4.78 is 5.73. The Balaban J connectivity index is 1.45. The van der Waals surface area contributed by atoms with Gasteiger partial charge >= 0.3 is 5.69 Å². The molecule has 27 heavy (non-hydrogen) atoms. The zero-order valence-corrected chi connectivity index (χ0v) is 15.0. The van der Waals surface area contributed by atoms with E-state index in [9.17, 15) is 14.7 Å². The van der Waals surface area contributed by atoms with E-state index in [1.54, 1.807) is 24.3 Å². The number of amides is 1. The maximum absolute atomic E-state index is 11.9. The molecule has 0 aliphatic rings. The van der Waals surface area contributed by atoms with Gasteiger partial charge in [0.15, 0.2) is 0 Å². The first-order valence-electron chi connectivity index (χ1n) is 8.29. The van der Waals surface area contributed by atoms with Crippen LogP contribution in [0, 0.1) is 0 Å². The second-order valence-corrected chi connectivity index (χ2v) is 6.32. The Bertz CT molecular complexity index is 962. The fourth-order valence-electron chi connectivity index (χ4n) is 2.47. The molecule has 2 aromatic carbocycles. The first-order chi connectivity index (χ1) is 13.0. The Morgan fingerprint density at radius 1 is 1.04 bits per heavy atom. The van der Waals surface area contributed by atoms with Crippen molar-refractivity contribution in [3.63, 3.8) is 0 Å². The van der Waals surface area contributed by atoms with Gasteiger partial charge in [0, 0.05) is 11.6 Å². The molecule has 0 saturated carbocycles. The molecule has 3 aromatic rings. The highest BCUT2D eigenvalue weighted by Gasteiger charge is 2.10. The number of aromatic nitrogens is 2. The lowest BCUT2D eigenvalue weighted by molar-refractivity contribution is -0.120. The quantitative estimate of drug-likeness (QED) is 0.500. The van der Waals surface area contributed by atoms with Crippen LogP contribution in [0.5, 0.6) is 17.4 Å². The summed E-state index contributed by atoms with van der Waals surface area (Å²) in [4.78, 5) is 27.4. The smallest absolute Gasteiger partial charge is 0.325 e. The van der Waals surface area contributed by atoms with Crippen molar-refractivity contribution in [3.05, 3.63) is 75.3 Å². The van der Waals surface area contributed by atoms with Crippen molar-refractivity contribution in [1.82, 2.24) is 15.3 Å². The summed E-state index contributed by atoms with van der Waals surface area (Å²) in [6.45, 7) is 0.436. The van der Waals surface area contributed by atoms with Gasteiger partial charge in [-0.05, 0) is 48.4 Å². The van der Waals surface area contributed by atoms with E-state index in [4.69, 9.17) is 16.3 Å². The van der Waals surface area contributed by atoms with Crippen molar-refractivity contribution in [3.8, 4) is 17.4 Å². The van der Waals surface area contributed by atoms with Gasteiger partial charge in [-0.25, -0.2) is 4.79 Å². The fraction of sp³-hybridized carbons (Fsp3) is 0.158. The van der Waals surface area contributed by atoms with Gasteiger partial charge in [-0.2, -0.15) is 0 Å². The van der Waals surface area contributed by atoms with E-state index in [1.165, 1.54) is 0 Å². The molecule has 140 valence electrons. The van der Waals surface area contributed by atoms with Crippen molar-refractivity contribution >= 4 is 17.5 Å². The number of halogens is 1. The molecule has 1 heterocycles. The summed E-state index contributed by atoms with van der Waals surface area (Å²) in [6, 6.07) is 14.7. The lowest BCUT2D eigenvalue weighted by Gasteiger charge is -2.08. The first kappa shape index (κ1) is 18.6. The second-order valence-electron chi connectivity index (χ2n) is 5.88. The van der Waals surface area contributed by atoms with Gasteiger partial charge in [0.1, 0.15) is 11.5 Å². The maximum Gasteiger partial charge on any atom is 0.325 e. The SMILES string of the molecule is O=C(Cc1[nH]c(=O)[nH]c1O)NCCc1ccc(Oc2ccc(Cl)cc2)cc1. The van der Waals surface area contributed by atoms with Crippen LogP contribution in [0.25, 0.3) is 0 Å². The Morgan fingerprint density at radius 2 is 1.67 bits per heavy atom. The number of aromatic amines is 2. The number of hydrogen-bond acceptors (Lipinski definition) is 4. The minimum absolute atomic E-state index is 0.0988. The molecular formula is C19H18ClN3O4. The first-order valence-corrected chi connectivity index (χ1v) is 8.66. The molecule has 0 spiro atoms. The second kappa shape index (κ2) is 8.46. The largest absolute Gasteiger partial charge is 0.493 e. The van der Waals surface area contributed by atoms with Gasteiger partial charge < -0.3 is 20.1 Å². The van der Waals surface area contributed by atoms with Crippen LogP contribution < -0.4 is 15.7 Å². The predicted molar refractivity (Wildman–Crippen MR) is 101 cm³/mol. The van der Waals surface area contributed by atoms with Crippen LogP contribution in [0.1, 0.15) is 11.3 Å². The van der Waals surface area contributed by atoms with Crippen molar-refractivity contribution in [2.75, 3.05) is 6.54 Å². The van der Waals surface area contributed by atoms with Gasteiger partial charge in [-0.15, -0.1) is 0 Å². The zero-order valence-electron chi connectivity index (χ0n) is 14.3. The van der Waals surface area contributed by atoms with Crippen LogP contribution in [-0.4, -0.2) is 27.5 Å². The molecule has 1 amide bonds. The highest BCUT2D eigenvalue weighted by molar-refractivity contribution is 6.30. The minimum Gasteiger partial charge on any atom is -0.493 e. The molecule has 0 atom stereocenters. The standard InChI is InChI=1S/C19H18ClN3O4/c20-13-3-7-15(8-4-13)27-14-5-1-12(2-6-14)9-10-21-17(24)11-16-18(25)23-19(26)22-16/h1-8,25H,9-11H2,(H,21,24)(H2,22,23,26). The molecule has 8 heteroatoms. The summed E-state index contributed by atoms with van der Waals surface area (Å²) in [5.74, 6) is 0.803. The van der Waals surface area contributed by atoms with Crippen LogP contribution in [0.3, 0.4) is 0 Å². The number of aromatic hydroxyl groups is 1. The fourth-order valence-corrected chi connectivity index (χ4v) is 2.60. The molecule has 0 aliphatic heterocycles. The molecule has 0 radical (unpaired) electrons. The van der Waals surface area contributed by atoms with Crippen LogP contribution in [0.15, 0.2) is 53.3 Å². The number of H-pyrrole nitrogens is 2. The number of hydrogen-bond donors (Lipinski definition) is 4. The van der Waals surface area contributed by atoms with Crippen LogP contribution in [-0.2, 0) is 17.6 Å². The average Bonchev–Trinajstić information content (AvgIpc) is 2.95. The van der Waals surface area contributed by atoms with Crippen LogP contribution in [0.2, 0.25) is 5.02 Å². The summed E-state index contributed by atoms with van der Waals surface area (Å²) >= 11 is 5.85. The third-order valence-electron chi connectivity index (χ3n) is 3.83. The number of carbonyl (C=O) groups is 1. The summed E-state index contributed by atoms with van der Waals surface area (Å²) in [5, 5.41) is 12.8. The molecule has 0 saturated heterocycles. The van der Waals surface area contributed by atoms with E-state index in [1.807, 2.05) is 24.3 Å². The van der Waals surface area contributed by atoms with E-state index in [2.05, 4.69) is 15.3 Å². The maximum atomic E-state index is 11.9. The molecule has 0 unspecified atom stereocenters. The van der Waals surface area contributed by atoms with E-state index in [-0.39, 0.29) is 23.9 Å². The third kappa shape index (κ3) is 5.39. The number of carbonyl (C=O) groups excluding carboxylic acids is 1. The van der Waals surface area contributed by atoms with Gasteiger partial charge in [0.05, 0.1) is 12.1 Å². The molecule has 1 aromatic heterocycles. The topological polar surface area (TPSA) is 107 Å². The van der Waals surface area contributed by atoms with Crippen LogP contribution in [0.4, 0.5) is 0 Å². The molecule has 0 bridgehead atoms. The van der Waals surface area contributed by atoms with Crippen molar-refractivity contribution < 1.29 is 14.6 Å². The van der Waals surface area contributed by atoms with E-state index >= 15 is 0 Å². The third-order valence-corrected chi connectivity index (χ3v) is 4.08. The highest BCUT2D eigenvalue weighted by Crippen LogP contribution is 2.23. The average molecular weight is 388 g/mol. The summed E-state index contributed by atoms with van der Waals surface area (Å²) in [7, 11) is 0. The molecular weight excluding hydrogens is 370 g/mol. The van der Waals surface area contributed by atoms with Gasteiger partial charge in [-0.3, -0.25) is 9.78 Å². The molecule has 7 nitrogen and oxygen atoms in total. The van der Waals surface area contributed by atoms with Gasteiger partial charge in [0.2, 0.25) is 11.8 Å². The number of ether oxygens (including phenoxy) is 1. The van der Waals surface area contributed by atoms with Crippen LogP contribution >= 0.6 is 11.6 Å². The molecule has 0 aliphatic carbocycles.